The van der Waals surface area contributed by atoms with Crippen molar-refractivity contribution in [2.24, 2.45) is 5.92 Å². The van der Waals surface area contributed by atoms with Crippen molar-refractivity contribution >= 4 is 23.3 Å². The van der Waals surface area contributed by atoms with E-state index in [0.717, 1.165) is 48.5 Å². The number of hydrogen-bond donors (Lipinski definition) is 2. The third-order valence-electron chi connectivity index (χ3n) is 6.04. The van der Waals surface area contributed by atoms with Crippen molar-refractivity contribution in [3.63, 3.8) is 0 Å². The summed E-state index contributed by atoms with van der Waals surface area (Å²) in [5.74, 6) is 1.92. The molecular formula is C27H26ClN5O3. The molecule has 0 aliphatic carbocycles. The molecule has 5 rings (SSSR count). The summed E-state index contributed by atoms with van der Waals surface area (Å²) in [5.41, 5.74) is 2.68. The molecule has 0 radical (unpaired) electrons. The first-order valence-electron chi connectivity index (χ1n) is 11.9. The Morgan fingerprint density at radius 2 is 1.92 bits per heavy atom. The second-order valence-corrected chi connectivity index (χ2v) is 9.08. The smallest absolute Gasteiger partial charge is 0.294 e. The largest absolute Gasteiger partial charge is 0.493 e. The second kappa shape index (κ2) is 11.3. The summed E-state index contributed by atoms with van der Waals surface area (Å²) >= 11 is 6.50. The molecule has 0 bridgehead atoms. The van der Waals surface area contributed by atoms with Gasteiger partial charge in [0.25, 0.3) is 5.91 Å². The number of aromatic amines is 1. The van der Waals surface area contributed by atoms with Crippen LogP contribution in [0.25, 0.3) is 11.1 Å². The molecule has 3 heterocycles. The number of amides is 1. The SMILES string of the molecule is O=C(Nc1cc(-c2cc(OCC3CCOCC3)ccc2Cl)ccn1)c1nnc(Cc2ccccc2)[nH]1. The van der Waals surface area contributed by atoms with Crippen LogP contribution in [0.3, 0.4) is 0 Å². The van der Waals surface area contributed by atoms with Crippen LogP contribution in [0.1, 0.15) is 34.8 Å². The van der Waals surface area contributed by atoms with E-state index in [0.29, 0.717) is 35.6 Å². The maximum atomic E-state index is 12.7. The number of nitrogens with one attached hydrogen (secondary N) is 2. The minimum absolute atomic E-state index is 0.120. The van der Waals surface area contributed by atoms with Crippen LogP contribution in [-0.2, 0) is 11.2 Å². The first-order valence-corrected chi connectivity index (χ1v) is 12.3. The van der Waals surface area contributed by atoms with E-state index in [1.807, 2.05) is 54.6 Å². The van der Waals surface area contributed by atoms with Gasteiger partial charge in [0.15, 0.2) is 0 Å². The van der Waals surface area contributed by atoms with Crippen LogP contribution in [0.15, 0.2) is 66.9 Å². The molecule has 2 N–H and O–H groups in total. The highest BCUT2D eigenvalue weighted by Gasteiger charge is 2.16. The molecule has 1 fully saturated rings. The first-order chi connectivity index (χ1) is 17.6. The van der Waals surface area contributed by atoms with Crippen LogP contribution in [0.4, 0.5) is 5.82 Å². The maximum absolute atomic E-state index is 12.7. The average Bonchev–Trinajstić information content (AvgIpc) is 3.38. The quantitative estimate of drug-likeness (QED) is 0.344. The third-order valence-corrected chi connectivity index (χ3v) is 6.37. The lowest BCUT2D eigenvalue weighted by Crippen LogP contribution is -2.21. The molecule has 0 saturated carbocycles. The van der Waals surface area contributed by atoms with Crippen LogP contribution < -0.4 is 10.1 Å². The summed E-state index contributed by atoms with van der Waals surface area (Å²) in [6.07, 6.45) is 4.19. The molecule has 0 spiro atoms. The number of pyridine rings is 1. The molecule has 4 aromatic rings. The molecule has 1 aliphatic rings. The number of nitrogens with zero attached hydrogens (tertiary/aromatic N) is 3. The van der Waals surface area contributed by atoms with Crippen LogP contribution in [-0.4, -0.2) is 45.9 Å². The van der Waals surface area contributed by atoms with E-state index in [2.05, 4.69) is 25.5 Å². The molecule has 0 unspecified atom stereocenters. The Morgan fingerprint density at radius 3 is 2.75 bits per heavy atom. The summed E-state index contributed by atoms with van der Waals surface area (Å²) in [7, 11) is 0. The zero-order valence-electron chi connectivity index (χ0n) is 19.6. The fourth-order valence-corrected chi connectivity index (χ4v) is 4.28. The number of anilines is 1. The predicted molar refractivity (Wildman–Crippen MR) is 137 cm³/mol. The van der Waals surface area contributed by atoms with E-state index in [1.54, 1.807) is 12.3 Å². The Morgan fingerprint density at radius 1 is 1.08 bits per heavy atom. The van der Waals surface area contributed by atoms with Crippen LogP contribution in [0.5, 0.6) is 5.75 Å². The van der Waals surface area contributed by atoms with Crippen molar-refractivity contribution in [3.05, 3.63) is 89.1 Å². The highest BCUT2D eigenvalue weighted by molar-refractivity contribution is 6.33. The van der Waals surface area contributed by atoms with E-state index >= 15 is 0 Å². The molecule has 1 amide bonds. The summed E-state index contributed by atoms with van der Waals surface area (Å²) < 4.78 is 11.5. The number of halogens is 1. The van der Waals surface area contributed by atoms with Gasteiger partial charge in [-0.15, -0.1) is 10.2 Å². The number of ether oxygens (including phenoxy) is 2. The summed E-state index contributed by atoms with van der Waals surface area (Å²) in [6.45, 7) is 2.22. The number of rotatable bonds is 8. The molecule has 0 atom stereocenters. The summed E-state index contributed by atoms with van der Waals surface area (Å²) in [4.78, 5) is 20.0. The van der Waals surface area contributed by atoms with E-state index in [-0.39, 0.29) is 5.82 Å². The van der Waals surface area contributed by atoms with Crippen molar-refractivity contribution in [2.45, 2.75) is 19.3 Å². The highest BCUT2D eigenvalue weighted by Crippen LogP contribution is 2.32. The Hall–Kier alpha value is -3.75. The minimum Gasteiger partial charge on any atom is -0.493 e. The lowest BCUT2D eigenvalue weighted by atomic mass is 10.0. The summed E-state index contributed by atoms with van der Waals surface area (Å²) in [6, 6.07) is 19.1. The number of benzene rings is 2. The Balaban J connectivity index is 1.26. The highest BCUT2D eigenvalue weighted by atomic mass is 35.5. The number of H-pyrrole nitrogens is 1. The second-order valence-electron chi connectivity index (χ2n) is 8.67. The van der Waals surface area contributed by atoms with Gasteiger partial charge in [-0.3, -0.25) is 4.79 Å². The fourth-order valence-electron chi connectivity index (χ4n) is 4.05. The van der Waals surface area contributed by atoms with E-state index < -0.39 is 5.91 Å². The maximum Gasteiger partial charge on any atom is 0.294 e. The van der Waals surface area contributed by atoms with E-state index in [4.69, 9.17) is 21.1 Å². The Labute approximate surface area is 214 Å². The van der Waals surface area contributed by atoms with Crippen LogP contribution >= 0.6 is 11.6 Å². The van der Waals surface area contributed by atoms with Gasteiger partial charge in [-0.1, -0.05) is 41.9 Å². The molecule has 184 valence electrons. The van der Waals surface area contributed by atoms with Gasteiger partial charge in [0.1, 0.15) is 17.4 Å². The molecular weight excluding hydrogens is 478 g/mol. The van der Waals surface area contributed by atoms with E-state index in [9.17, 15) is 4.79 Å². The zero-order valence-corrected chi connectivity index (χ0v) is 20.4. The molecule has 1 aliphatic heterocycles. The fraction of sp³-hybridized carbons (Fsp3) is 0.259. The molecule has 2 aromatic carbocycles. The zero-order chi connectivity index (χ0) is 24.7. The van der Waals surface area contributed by atoms with Gasteiger partial charge in [0, 0.05) is 36.4 Å². The summed E-state index contributed by atoms with van der Waals surface area (Å²) in [5, 5.41) is 11.4. The minimum atomic E-state index is -0.425. The van der Waals surface area contributed by atoms with Crippen molar-refractivity contribution in [1.82, 2.24) is 20.2 Å². The number of carbonyl (C=O) groups excluding carboxylic acids is 1. The van der Waals surface area contributed by atoms with Gasteiger partial charge in [-0.25, -0.2) is 4.98 Å². The van der Waals surface area contributed by atoms with Gasteiger partial charge in [-0.05, 0) is 60.2 Å². The van der Waals surface area contributed by atoms with Gasteiger partial charge in [0.05, 0.1) is 6.61 Å². The normalized spacial score (nSPS) is 13.9. The molecule has 8 nitrogen and oxygen atoms in total. The van der Waals surface area contributed by atoms with Gasteiger partial charge in [0.2, 0.25) is 5.82 Å². The lowest BCUT2D eigenvalue weighted by Gasteiger charge is -2.22. The van der Waals surface area contributed by atoms with Gasteiger partial charge < -0.3 is 19.8 Å². The van der Waals surface area contributed by atoms with Crippen LogP contribution in [0.2, 0.25) is 5.02 Å². The van der Waals surface area contributed by atoms with Crippen LogP contribution in [0, 0.1) is 5.92 Å². The third kappa shape index (κ3) is 6.08. The van der Waals surface area contributed by atoms with Gasteiger partial charge in [-0.2, -0.15) is 0 Å². The average molecular weight is 504 g/mol. The van der Waals surface area contributed by atoms with Crippen molar-refractivity contribution in [3.8, 4) is 16.9 Å². The number of aromatic nitrogens is 4. The first kappa shape index (κ1) is 24.0. The topological polar surface area (TPSA) is 102 Å². The standard InChI is InChI=1S/C27H26ClN5O3/c28-23-7-6-21(36-17-19-9-12-35-13-10-19)16-22(23)20-8-11-29-24(15-20)31-27(34)26-30-25(32-33-26)14-18-4-2-1-3-5-18/h1-8,11,15-16,19H,9-10,12-14,17H2,(H,29,31,34)(H,30,32,33). The van der Waals surface area contributed by atoms with E-state index in [1.165, 1.54) is 0 Å². The molecule has 36 heavy (non-hydrogen) atoms. The molecule has 9 heteroatoms. The van der Waals surface area contributed by atoms with Crippen molar-refractivity contribution in [2.75, 3.05) is 25.1 Å². The number of hydrogen-bond acceptors (Lipinski definition) is 6. The molecule has 1 saturated heterocycles. The predicted octanol–water partition coefficient (Wildman–Crippen LogP) is 5.17. The Bertz CT molecular complexity index is 1320. The lowest BCUT2D eigenvalue weighted by molar-refractivity contribution is 0.0497. The Kier molecular flexibility index (Phi) is 7.54. The molecule has 2 aromatic heterocycles. The monoisotopic (exact) mass is 503 g/mol. The van der Waals surface area contributed by atoms with Crippen molar-refractivity contribution in [1.29, 1.82) is 0 Å². The number of carbonyl (C=O) groups is 1. The van der Waals surface area contributed by atoms with Gasteiger partial charge >= 0.3 is 0 Å². The van der Waals surface area contributed by atoms with Crippen molar-refractivity contribution < 1.29 is 14.3 Å².